The van der Waals surface area contributed by atoms with Gasteiger partial charge in [-0.1, -0.05) is 11.3 Å². The topological polar surface area (TPSA) is 132 Å². The van der Waals surface area contributed by atoms with Crippen LogP contribution in [0.25, 0.3) is 16.0 Å². The average Bonchev–Trinajstić information content (AvgIpc) is 3.46. The lowest BCUT2D eigenvalue weighted by atomic mass is 9.95. The number of anilines is 1. The molecule has 1 aliphatic rings. The third kappa shape index (κ3) is 4.33. The van der Waals surface area contributed by atoms with Crippen molar-refractivity contribution in [2.24, 2.45) is 0 Å². The van der Waals surface area contributed by atoms with Gasteiger partial charge in [0, 0.05) is 17.7 Å². The number of nitro benzene ring substituents is 1. The maximum absolute atomic E-state index is 13.4. The highest BCUT2D eigenvalue weighted by atomic mass is 32.1. The first-order valence-electron chi connectivity index (χ1n) is 11.6. The van der Waals surface area contributed by atoms with E-state index < -0.39 is 22.7 Å². The lowest BCUT2D eigenvalue weighted by Gasteiger charge is -2.22. The predicted octanol–water partition coefficient (Wildman–Crippen LogP) is 5.24. The number of non-ortho nitro benzene ring substituents is 1. The van der Waals surface area contributed by atoms with Crippen LogP contribution in [0.4, 0.5) is 10.8 Å². The molecule has 1 amide bonds. The van der Waals surface area contributed by atoms with Crippen LogP contribution < -0.4 is 14.4 Å². The SMILES string of the molecule is CCOc1ccc2nc(N3C(=O)C(=O)C(=C(O)c4ccc(OC)cc4)[C@@H]3c3ccc([N+](=O)[O-])cc3)sc2c1. The van der Waals surface area contributed by atoms with Gasteiger partial charge in [-0.05, 0) is 67.1 Å². The van der Waals surface area contributed by atoms with Gasteiger partial charge in [0.05, 0.1) is 40.5 Å². The van der Waals surface area contributed by atoms with Crippen molar-refractivity contribution in [1.29, 1.82) is 0 Å². The molecule has 0 aliphatic carbocycles. The van der Waals surface area contributed by atoms with E-state index >= 15 is 0 Å². The van der Waals surface area contributed by atoms with Crippen molar-refractivity contribution in [3.63, 3.8) is 0 Å². The van der Waals surface area contributed by atoms with E-state index in [1.165, 1.54) is 47.6 Å². The number of aliphatic hydroxyl groups excluding tert-OH is 1. The lowest BCUT2D eigenvalue weighted by Crippen LogP contribution is -2.29. The number of carbonyl (C=O) groups excluding carboxylic acids is 2. The zero-order valence-corrected chi connectivity index (χ0v) is 21.1. The summed E-state index contributed by atoms with van der Waals surface area (Å²) in [7, 11) is 1.50. The molecule has 0 bridgehead atoms. The Labute approximate surface area is 220 Å². The van der Waals surface area contributed by atoms with E-state index in [1.54, 1.807) is 42.5 Å². The Morgan fingerprint density at radius 2 is 1.76 bits per heavy atom. The maximum atomic E-state index is 13.4. The Kier molecular flexibility index (Phi) is 6.52. The summed E-state index contributed by atoms with van der Waals surface area (Å²) in [6.07, 6.45) is 0. The summed E-state index contributed by atoms with van der Waals surface area (Å²) >= 11 is 1.19. The summed E-state index contributed by atoms with van der Waals surface area (Å²) in [5, 5.41) is 22.7. The fourth-order valence-corrected chi connectivity index (χ4v) is 5.30. The molecule has 192 valence electrons. The van der Waals surface area contributed by atoms with Gasteiger partial charge >= 0.3 is 5.91 Å². The third-order valence-corrected chi connectivity index (χ3v) is 7.11. The Balaban J connectivity index is 1.68. The molecule has 1 saturated heterocycles. The first kappa shape index (κ1) is 24.9. The van der Waals surface area contributed by atoms with Crippen molar-refractivity contribution < 1.29 is 29.1 Å². The van der Waals surface area contributed by atoms with Gasteiger partial charge in [-0.15, -0.1) is 0 Å². The van der Waals surface area contributed by atoms with Crippen molar-refractivity contribution in [2.75, 3.05) is 18.6 Å². The first-order chi connectivity index (χ1) is 18.3. The normalized spacial score (nSPS) is 16.7. The number of Topliss-reactive ketones (excluding diaryl/α,β-unsaturated/α-hetero) is 1. The number of nitrogens with zero attached hydrogens (tertiary/aromatic N) is 3. The van der Waals surface area contributed by atoms with Gasteiger partial charge in [0.15, 0.2) is 5.13 Å². The second kappa shape index (κ2) is 9.94. The van der Waals surface area contributed by atoms with E-state index in [0.717, 1.165) is 4.70 Å². The summed E-state index contributed by atoms with van der Waals surface area (Å²) in [6, 6.07) is 16.1. The number of aliphatic hydroxyl groups is 1. The highest BCUT2D eigenvalue weighted by Crippen LogP contribution is 2.45. The van der Waals surface area contributed by atoms with Gasteiger partial charge in [-0.3, -0.25) is 24.6 Å². The molecule has 0 unspecified atom stereocenters. The molecule has 1 aromatic heterocycles. The average molecular weight is 532 g/mol. The molecule has 5 rings (SSSR count). The van der Waals surface area contributed by atoms with Crippen LogP contribution in [0.1, 0.15) is 24.1 Å². The van der Waals surface area contributed by atoms with Gasteiger partial charge in [0.25, 0.3) is 11.5 Å². The van der Waals surface area contributed by atoms with Gasteiger partial charge in [-0.25, -0.2) is 4.98 Å². The number of thiazole rings is 1. The smallest absolute Gasteiger partial charge is 0.301 e. The minimum absolute atomic E-state index is 0.149. The number of benzene rings is 3. The summed E-state index contributed by atoms with van der Waals surface area (Å²) in [4.78, 5) is 43.2. The number of ether oxygens (including phenoxy) is 2. The lowest BCUT2D eigenvalue weighted by molar-refractivity contribution is -0.384. The Morgan fingerprint density at radius 1 is 1.08 bits per heavy atom. The second-order valence-corrected chi connectivity index (χ2v) is 9.31. The largest absolute Gasteiger partial charge is 0.507 e. The van der Waals surface area contributed by atoms with Crippen LogP contribution in [-0.2, 0) is 9.59 Å². The molecular formula is C27H21N3O7S. The Bertz CT molecular complexity index is 1590. The van der Waals surface area contributed by atoms with Crippen molar-refractivity contribution in [1.82, 2.24) is 4.98 Å². The fourth-order valence-electron chi connectivity index (χ4n) is 4.28. The van der Waals surface area contributed by atoms with E-state index in [4.69, 9.17) is 9.47 Å². The zero-order chi connectivity index (χ0) is 27.0. The standard InChI is InChI=1S/C27H21N3O7S/c1-3-37-19-12-13-20-21(14-19)38-27(28-20)29-23(15-4-8-17(9-5-15)30(34)35)22(25(32)26(29)33)24(31)16-6-10-18(36-2)11-7-16/h4-14,23,31H,3H2,1-2H3/t23-/m0/s1. The molecule has 0 saturated carbocycles. The molecule has 1 aliphatic heterocycles. The van der Waals surface area contributed by atoms with Crippen LogP contribution in [0.5, 0.6) is 11.5 Å². The molecule has 2 heterocycles. The van der Waals surface area contributed by atoms with Crippen molar-refractivity contribution in [3.05, 3.63) is 93.5 Å². The van der Waals surface area contributed by atoms with Gasteiger partial charge in [-0.2, -0.15) is 0 Å². The minimum Gasteiger partial charge on any atom is -0.507 e. The number of rotatable bonds is 7. The van der Waals surface area contributed by atoms with Crippen LogP contribution in [-0.4, -0.2) is 40.4 Å². The summed E-state index contributed by atoms with van der Waals surface area (Å²) in [5.74, 6) is -0.946. The van der Waals surface area contributed by atoms with E-state index in [-0.39, 0.29) is 22.2 Å². The van der Waals surface area contributed by atoms with Crippen LogP contribution in [0.3, 0.4) is 0 Å². The summed E-state index contributed by atoms with van der Waals surface area (Å²) < 4.78 is 11.5. The number of amides is 1. The van der Waals surface area contributed by atoms with Gasteiger partial charge in [0.1, 0.15) is 17.3 Å². The van der Waals surface area contributed by atoms with Crippen LogP contribution in [0.2, 0.25) is 0 Å². The third-order valence-electron chi connectivity index (χ3n) is 6.09. The van der Waals surface area contributed by atoms with Crippen molar-refractivity contribution in [3.8, 4) is 11.5 Å². The molecule has 1 fully saturated rings. The maximum Gasteiger partial charge on any atom is 0.301 e. The predicted molar refractivity (Wildman–Crippen MR) is 142 cm³/mol. The van der Waals surface area contributed by atoms with Crippen LogP contribution >= 0.6 is 11.3 Å². The zero-order valence-electron chi connectivity index (χ0n) is 20.3. The van der Waals surface area contributed by atoms with Crippen LogP contribution in [0, 0.1) is 10.1 Å². The fraction of sp³-hybridized carbons (Fsp3) is 0.148. The molecule has 0 spiro atoms. The summed E-state index contributed by atoms with van der Waals surface area (Å²) in [5.41, 5.74) is 1.01. The number of nitro groups is 1. The molecule has 3 aromatic carbocycles. The Morgan fingerprint density at radius 3 is 2.39 bits per heavy atom. The molecule has 38 heavy (non-hydrogen) atoms. The second-order valence-electron chi connectivity index (χ2n) is 8.31. The number of carbonyl (C=O) groups is 2. The number of hydrogen-bond acceptors (Lipinski definition) is 9. The monoisotopic (exact) mass is 531 g/mol. The number of fused-ring (bicyclic) bond motifs is 1. The highest BCUT2D eigenvalue weighted by molar-refractivity contribution is 7.22. The van der Waals surface area contributed by atoms with E-state index in [2.05, 4.69) is 4.98 Å². The quantitative estimate of drug-likeness (QED) is 0.113. The van der Waals surface area contributed by atoms with Gasteiger partial charge in [0.2, 0.25) is 0 Å². The molecule has 1 N–H and O–H groups in total. The van der Waals surface area contributed by atoms with Gasteiger partial charge < -0.3 is 14.6 Å². The molecule has 1 atom stereocenters. The van der Waals surface area contributed by atoms with E-state index in [9.17, 15) is 24.8 Å². The van der Waals surface area contributed by atoms with E-state index in [0.29, 0.717) is 34.7 Å². The van der Waals surface area contributed by atoms with Crippen molar-refractivity contribution >= 4 is 49.8 Å². The Hall–Kier alpha value is -4.77. The van der Waals surface area contributed by atoms with Crippen molar-refractivity contribution in [2.45, 2.75) is 13.0 Å². The highest BCUT2D eigenvalue weighted by Gasteiger charge is 2.48. The number of aromatic nitrogens is 1. The molecule has 10 nitrogen and oxygen atoms in total. The molecular weight excluding hydrogens is 510 g/mol. The summed E-state index contributed by atoms with van der Waals surface area (Å²) in [6.45, 7) is 2.35. The number of ketones is 1. The number of hydrogen-bond donors (Lipinski definition) is 1. The minimum atomic E-state index is -1.06. The first-order valence-corrected chi connectivity index (χ1v) is 12.4. The van der Waals surface area contributed by atoms with Crippen LogP contribution in [0.15, 0.2) is 72.3 Å². The molecule has 4 aromatic rings. The van der Waals surface area contributed by atoms with E-state index in [1.807, 2.05) is 6.92 Å². The molecule has 11 heteroatoms. The molecule has 0 radical (unpaired) electrons. The number of methoxy groups -OCH3 is 1.